The van der Waals surface area contributed by atoms with Gasteiger partial charge in [-0.25, -0.2) is 0 Å². The van der Waals surface area contributed by atoms with Crippen LogP contribution in [0.25, 0.3) is 0 Å². The maximum Gasteiger partial charge on any atom is 0.261 e. The van der Waals surface area contributed by atoms with Gasteiger partial charge < -0.3 is 14.8 Å². The van der Waals surface area contributed by atoms with Crippen molar-refractivity contribution in [3.63, 3.8) is 0 Å². The van der Waals surface area contributed by atoms with Gasteiger partial charge in [0, 0.05) is 17.3 Å². The lowest BCUT2D eigenvalue weighted by Crippen LogP contribution is -2.29. The number of carbonyl (C=O) groups excluding carboxylic acids is 3. The summed E-state index contributed by atoms with van der Waals surface area (Å²) >= 11 is 0. The molecule has 0 fully saturated rings. The summed E-state index contributed by atoms with van der Waals surface area (Å²) in [7, 11) is 0. The van der Waals surface area contributed by atoms with Crippen molar-refractivity contribution in [2.24, 2.45) is 0 Å². The highest BCUT2D eigenvalue weighted by Gasteiger charge is 2.36. The summed E-state index contributed by atoms with van der Waals surface area (Å²) in [5.41, 5.74) is 2.21. The van der Waals surface area contributed by atoms with Gasteiger partial charge in [-0.15, -0.1) is 0 Å². The van der Waals surface area contributed by atoms with Crippen molar-refractivity contribution in [1.29, 1.82) is 0 Å². The van der Waals surface area contributed by atoms with E-state index in [4.69, 9.17) is 9.47 Å². The first-order valence-corrected chi connectivity index (χ1v) is 9.35. The quantitative estimate of drug-likeness (QED) is 0.678. The number of hydrogen-bond donors (Lipinski definition) is 1. The molecule has 1 N–H and O–H groups in total. The van der Waals surface area contributed by atoms with Gasteiger partial charge in [-0.2, -0.15) is 0 Å². The molecule has 2 aliphatic rings. The SMILES string of the molecule is O=C(Nc1ccc2c(c1)OCO2)c1ccc2c(c1)C(=O)N(Cc1ccccc1)C2=O. The van der Waals surface area contributed by atoms with Gasteiger partial charge in [0.2, 0.25) is 6.79 Å². The van der Waals surface area contributed by atoms with Gasteiger partial charge in [-0.05, 0) is 35.9 Å². The van der Waals surface area contributed by atoms with E-state index in [1.807, 2.05) is 30.3 Å². The van der Waals surface area contributed by atoms with E-state index in [1.165, 1.54) is 17.0 Å². The highest BCUT2D eigenvalue weighted by Crippen LogP contribution is 2.34. The highest BCUT2D eigenvalue weighted by atomic mass is 16.7. The third-order valence-corrected chi connectivity index (χ3v) is 5.05. The second-order valence-electron chi connectivity index (χ2n) is 6.96. The van der Waals surface area contributed by atoms with Gasteiger partial charge in [0.1, 0.15) is 0 Å². The minimum Gasteiger partial charge on any atom is -0.454 e. The summed E-state index contributed by atoms with van der Waals surface area (Å²) in [4.78, 5) is 39.4. The van der Waals surface area contributed by atoms with E-state index >= 15 is 0 Å². The van der Waals surface area contributed by atoms with Gasteiger partial charge in [0.15, 0.2) is 11.5 Å². The Morgan fingerprint density at radius 1 is 0.867 bits per heavy atom. The molecule has 2 aliphatic heterocycles. The normalized spacial score (nSPS) is 14.1. The van der Waals surface area contributed by atoms with Crippen LogP contribution in [0.3, 0.4) is 0 Å². The Balaban J connectivity index is 1.37. The van der Waals surface area contributed by atoms with Crippen molar-refractivity contribution in [2.75, 3.05) is 12.1 Å². The Kier molecular flexibility index (Phi) is 4.21. The molecular weight excluding hydrogens is 384 g/mol. The molecule has 148 valence electrons. The van der Waals surface area contributed by atoms with E-state index in [-0.39, 0.29) is 30.4 Å². The van der Waals surface area contributed by atoms with E-state index in [0.29, 0.717) is 22.7 Å². The molecule has 0 bridgehead atoms. The number of benzene rings is 3. The third kappa shape index (κ3) is 3.06. The third-order valence-electron chi connectivity index (χ3n) is 5.05. The zero-order valence-corrected chi connectivity index (χ0v) is 15.8. The molecule has 3 aromatic carbocycles. The Morgan fingerprint density at radius 2 is 1.63 bits per heavy atom. The zero-order valence-electron chi connectivity index (χ0n) is 15.8. The van der Waals surface area contributed by atoms with Crippen LogP contribution in [0, 0.1) is 0 Å². The number of ether oxygens (including phenoxy) is 2. The zero-order chi connectivity index (χ0) is 20.7. The molecule has 30 heavy (non-hydrogen) atoms. The summed E-state index contributed by atoms with van der Waals surface area (Å²) in [6, 6.07) is 18.9. The van der Waals surface area contributed by atoms with Gasteiger partial charge >= 0.3 is 0 Å². The van der Waals surface area contributed by atoms with E-state index in [0.717, 1.165) is 5.56 Å². The molecule has 3 aromatic rings. The lowest BCUT2D eigenvalue weighted by atomic mass is 10.1. The highest BCUT2D eigenvalue weighted by molar-refractivity contribution is 6.22. The average Bonchev–Trinajstić information content (AvgIpc) is 3.32. The van der Waals surface area contributed by atoms with Crippen molar-refractivity contribution >= 4 is 23.4 Å². The second-order valence-corrected chi connectivity index (χ2v) is 6.96. The van der Waals surface area contributed by atoms with Crippen LogP contribution in [0.1, 0.15) is 36.6 Å². The van der Waals surface area contributed by atoms with Gasteiger partial charge in [0.25, 0.3) is 17.7 Å². The van der Waals surface area contributed by atoms with Crippen molar-refractivity contribution in [3.05, 3.63) is 89.0 Å². The predicted molar refractivity (Wildman–Crippen MR) is 108 cm³/mol. The summed E-state index contributed by atoms with van der Waals surface area (Å²) in [5, 5.41) is 2.77. The molecule has 0 saturated heterocycles. The van der Waals surface area contributed by atoms with E-state index in [9.17, 15) is 14.4 Å². The van der Waals surface area contributed by atoms with Crippen LogP contribution >= 0.6 is 0 Å². The summed E-state index contributed by atoms with van der Waals surface area (Å²) < 4.78 is 10.6. The van der Waals surface area contributed by atoms with Crippen LogP contribution < -0.4 is 14.8 Å². The number of nitrogens with one attached hydrogen (secondary N) is 1. The topological polar surface area (TPSA) is 84.9 Å². The minimum atomic E-state index is -0.406. The van der Waals surface area contributed by atoms with E-state index < -0.39 is 11.8 Å². The molecule has 0 aromatic heterocycles. The molecule has 0 unspecified atom stereocenters. The minimum absolute atomic E-state index is 0.146. The lowest BCUT2D eigenvalue weighted by Gasteiger charge is -2.13. The molecule has 0 saturated carbocycles. The molecule has 0 radical (unpaired) electrons. The summed E-state index contributed by atoms with van der Waals surface area (Å²) in [6.45, 7) is 0.332. The van der Waals surface area contributed by atoms with Crippen molar-refractivity contribution in [3.8, 4) is 11.5 Å². The number of rotatable bonds is 4. The molecule has 2 heterocycles. The first-order valence-electron chi connectivity index (χ1n) is 9.35. The van der Waals surface area contributed by atoms with Crippen LogP contribution in [-0.4, -0.2) is 29.4 Å². The largest absolute Gasteiger partial charge is 0.454 e. The lowest BCUT2D eigenvalue weighted by molar-refractivity contribution is 0.0642. The number of amides is 3. The van der Waals surface area contributed by atoms with Crippen LogP contribution in [0.5, 0.6) is 11.5 Å². The van der Waals surface area contributed by atoms with Crippen molar-refractivity contribution < 1.29 is 23.9 Å². The van der Waals surface area contributed by atoms with Crippen LogP contribution in [0.15, 0.2) is 66.7 Å². The smallest absolute Gasteiger partial charge is 0.261 e. The van der Waals surface area contributed by atoms with Gasteiger partial charge in [0.05, 0.1) is 17.7 Å². The van der Waals surface area contributed by atoms with Gasteiger partial charge in [-0.3, -0.25) is 19.3 Å². The number of nitrogens with zero attached hydrogens (tertiary/aromatic N) is 1. The van der Waals surface area contributed by atoms with Crippen molar-refractivity contribution in [2.45, 2.75) is 6.54 Å². The van der Waals surface area contributed by atoms with E-state index in [1.54, 1.807) is 24.3 Å². The number of hydrogen-bond acceptors (Lipinski definition) is 5. The molecule has 7 nitrogen and oxygen atoms in total. The first-order chi connectivity index (χ1) is 14.6. The van der Waals surface area contributed by atoms with Crippen LogP contribution in [0.4, 0.5) is 5.69 Å². The number of carbonyl (C=O) groups is 3. The molecule has 0 atom stereocenters. The Hall–Kier alpha value is -4.13. The van der Waals surface area contributed by atoms with Gasteiger partial charge in [-0.1, -0.05) is 30.3 Å². The fraction of sp³-hybridized carbons (Fsp3) is 0.0870. The van der Waals surface area contributed by atoms with Crippen LogP contribution in [-0.2, 0) is 6.54 Å². The number of imide groups is 1. The standard InChI is InChI=1S/C23H16N2O5/c26-21(24-16-7-9-19-20(11-16)30-13-29-19)15-6-8-17-18(10-15)23(28)25(22(17)27)12-14-4-2-1-3-5-14/h1-11H,12-13H2,(H,24,26). The Morgan fingerprint density at radius 3 is 2.47 bits per heavy atom. The van der Waals surface area contributed by atoms with Crippen LogP contribution in [0.2, 0.25) is 0 Å². The molecule has 7 heteroatoms. The Bertz CT molecular complexity index is 1190. The maximum atomic E-state index is 12.8. The number of anilines is 1. The molecular formula is C23H16N2O5. The molecule has 5 rings (SSSR count). The molecule has 0 spiro atoms. The number of fused-ring (bicyclic) bond motifs is 2. The first kappa shape index (κ1) is 17.9. The van der Waals surface area contributed by atoms with Crippen molar-refractivity contribution in [1.82, 2.24) is 4.90 Å². The molecule has 0 aliphatic carbocycles. The fourth-order valence-corrected chi connectivity index (χ4v) is 3.52. The monoisotopic (exact) mass is 400 g/mol. The maximum absolute atomic E-state index is 12.8. The summed E-state index contributed by atoms with van der Waals surface area (Å²) in [6.07, 6.45) is 0. The predicted octanol–water partition coefficient (Wildman–Crippen LogP) is 3.46. The second kappa shape index (κ2) is 7.04. The Labute approximate surface area is 171 Å². The molecule has 3 amide bonds. The fourth-order valence-electron chi connectivity index (χ4n) is 3.52. The summed E-state index contributed by atoms with van der Waals surface area (Å²) in [5.74, 6) is 0.0174. The van der Waals surface area contributed by atoms with E-state index in [2.05, 4.69) is 5.32 Å². The average molecular weight is 400 g/mol.